The highest BCUT2D eigenvalue weighted by Gasteiger charge is 2.19. The van der Waals surface area contributed by atoms with Gasteiger partial charge in [-0.05, 0) is 24.3 Å². The van der Waals surface area contributed by atoms with Gasteiger partial charge in [0.05, 0.1) is 12.7 Å². The Hall–Kier alpha value is -0.840. The van der Waals surface area contributed by atoms with Crippen LogP contribution in [0.5, 0.6) is 0 Å². The van der Waals surface area contributed by atoms with Crippen molar-refractivity contribution in [3.63, 3.8) is 0 Å². The van der Waals surface area contributed by atoms with Crippen molar-refractivity contribution >= 4 is 18.1 Å². The predicted molar refractivity (Wildman–Crippen MR) is 64.7 cm³/mol. The zero-order valence-corrected chi connectivity index (χ0v) is 9.75. The fraction of sp³-hybridized carbons (Fsp3) is 0.455. The Morgan fingerprint density at radius 3 is 2.69 bits per heavy atom. The normalized spacial score (nSPS) is 20.4. The first kappa shape index (κ1) is 13.2. The fourth-order valence-electron chi connectivity index (χ4n) is 1.75. The maximum absolute atomic E-state index is 12.7. The van der Waals surface area contributed by atoms with Crippen LogP contribution in [0, 0.1) is 5.82 Å². The molecule has 0 radical (unpaired) electrons. The maximum Gasteiger partial charge on any atom is 0.123 e. The number of rotatable bonds is 2. The van der Waals surface area contributed by atoms with Gasteiger partial charge in [0.25, 0.3) is 0 Å². The molecule has 1 aromatic rings. The van der Waals surface area contributed by atoms with Gasteiger partial charge in [-0.2, -0.15) is 0 Å². The monoisotopic (exact) mass is 246 g/mol. The average Bonchev–Trinajstić information content (AvgIpc) is 2.30. The lowest BCUT2D eigenvalue weighted by molar-refractivity contribution is 0.0466. The Balaban J connectivity index is 0.00000128. The van der Waals surface area contributed by atoms with Gasteiger partial charge in [0.2, 0.25) is 0 Å². The van der Waals surface area contributed by atoms with Crippen molar-refractivity contribution in [2.24, 2.45) is 5.73 Å². The van der Waals surface area contributed by atoms with Crippen LogP contribution in [0.1, 0.15) is 0 Å². The summed E-state index contributed by atoms with van der Waals surface area (Å²) in [5.74, 6) is -0.206. The van der Waals surface area contributed by atoms with Crippen LogP contribution >= 0.6 is 12.4 Å². The van der Waals surface area contributed by atoms with Crippen molar-refractivity contribution in [2.45, 2.75) is 6.10 Å². The summed E-state index contributed by atoms with van der Waals surface area (Å²) in [7, 11) is 0. The van der Waals surface area contributed by atoms with Crippen LogP contribution in [0.4, 0.5) is 10.1 Å². The van der Waals surface area contributed by atoms with Crippen molar-refractivity contribution in [2.75, 3.05) is 31.1 Å². The SMILES string of the molecule is Cl.NCC1CN(c2ccc(F)cc2)CCO1. The Bertz CT molecular complexity index is 320. The van der Waals surface area contributed by atoms with E-state index in [0.29, 0.717) is 13.2 Å². The Labute approximate surface area is 101 Å². The number of hydrogen-bond donors (Lipinski definition) is 1. The van der Waals surface area contributed by atoms with Crippen LogP contribution in [-0.2, 0) is 4.74 Å². The van der Waals surface area contributed by atoms with E-state index in [1.807, 2.05) is 0 Å². The molecule has 0 amide bonds. The van der Waals surface area contributed by atoms with Crippen LogP contribution in [0.25, 0.3) is 0 Å². The molecule has 1 heterocycles. The van der Waals surface area contributed by atoms with Gasteiger partial charge in [-0.3, -0.25) is 0 Å². The summed E-state index contributed by atoms with van der Waals surface area (Å²) in [4.78, 5) is 2.17. The van der Waals surface area contributed by atoms with Crippen molar-refractivity contribution in [3.8, 4) is 0 Å². The summed E-state index contributed by atoms with van der Waals surface area (Å²) in [5, 5.41) is 0. The third-order valence-corrected chi connectivity index (χ3v) is 2.59. The van der Waals surface area contributed by atoms with Gasteiger partial charge in [-0.25, -0.2) is 4.39 Å². The molecule has 1 aliphatic heterocycles. The number of anilines is 1. The van der Waals surface area contributed by atoms with E-state index in [2.05, 4.69) is 4.90 Å². The summed E-state index contributed by atoms with van der Waals surface area (Å²) in [6, 6.07) is 6.52. The largest absolute Gasteiger partial charge is 0.373 e. The van der Waals surface area contributed by atoms with Crippen LogP contribution < -0.4 is 10.6 Å². The zero-order valence-electron chi connectivity index (χ0n) is 8.93. The van der Waals surface area contributed by atoms with E-state index in [9.17, 15) is 4.39 Å². The van der Waals surface area contributed by atoms with Crippen molar-refractivity contribution in [3.05, 3.63) is 30.1 Å². The number of morpholine rings is 1. The number of ether oxygens (including phenoxy) is 1. The summed E-state index contributed by atoms with van der Waals surface area (Å²) < 4.78 is 18.2. The van der Waals surface area contributed by atoms with Gasteiger partial charge in [0, 0.05) is 25.3 Å². The molecule has 1 atom stereocenters. The van der Waals surface area contributed by atoms with Crippen LogP contribution in [0.3, 0.4) is 0 Å². The number of nitrogens with zero attached hydrogens (tertiary/aromatic N) is 1. The van der Waals surface area contributed by atoms with E-state index in [0.717, 1.165) is 18.8 Å². The minimum absolute atomic E-state index is 0. The van der Waals surface area contributed by atoms with Gasteiger partial charge in [0.1, 0.15) is 5.82 Å². The van der Waals surface area contributed by atoms with Crippen LogP contribution in [-0.4, -0.2) is 32.3 Å². The Morgan fingerprint density at radius 2 is 2.06 bits per heavy atom. The molecule has 16 heavy (non-hydrogen) atoms. The minimum Gasteiger partial charge on any atom is -0.373 e. The standard InChI is InChI=1S/C11H15FN2O.ClH/c12-9-1-3-10(4-2-9)14-5-6-15-11(7-13)8-14;/h1-4,11H,5-8,13H2;1H. The lowest BCUT2D eigenvalue weighted by Gasteiger charge is -2.34. The summed E-state index contributed by atoms with van der Waals surface area (Å²) in [6.45, 7) is 2.82. The molecule has 3 nitrogen and oxygen atoms in total. The lowest BCUT2D eigenvalue weighted by Crippen LogP contribution is -2.45. The van der Waals surface area contributed by atoms with Crippen LogP contribution in [0.15, 0.2) is 24.3 Å². The van der Waals surface area contributed by atoms with E-state index >= 15 is 0 Å². The van der Waals surface area contributed by atoms with Gasteiger partial charge in [-0.1, -0.05) is 0 Å². The third kappa shape index (κ3) is 3.07. The van der Waals surface area contributed by atoms with Crippen molar-refractivity contribution in [1.29, 1.82) is 0 Å². The third-order valence-electron chi connectivity index (χ3n) is 2.59. The average molecular weight is 247 g/mol. The predicted octanol–water partition coefficient (Wildman–Crippen LogP) is 1.41. The summed E-state index contributed by atoms with van der Waals surface area (Å²) in [5.41, 5.74) is 6.58. The molecule has 2 N–H and O–H groups in total. The first-order valence-corrected chi connectivity index (χ1v) is 5.12. The number of nitrogens with two attached hydrogens (primary N) is 1. The van der Waals surface area contributed by atoms with Crippen molar-refractivity contribution < 1.29 is 9.13 Å². The van der Waals surface area contributed by atoms with E-state index in [4.69, 9.17) is 10.5 Å². The molecule has 0 bridgehead atoms. The molecule has 1 fully saturated rings. The highest BCUT2D eigenvalue weighted by Crippen LogP contribution is 2.17. The van der Waals surface area contributed by atoms with E-state index in [1.54, 1.807) is 12.1 Å². The molecule has 0 aliphatic carbocycles. The van der Waals surface area contributed by atoms with E-state index in [1.165, 1.54) is 12.1 Å². The second-order valence-corrected chi connectivity index (χ2v) is 3.65. The molecule has 5 heteroatoms. The molecule has 90 valence electrons. The molecule has 0 spiro atoms. The van der Waals surface area contributed by atoms with E-state index in [-0.39, 0.29) is 24.3 Å². The van der Waals surface area contributed by atoms with E-state index < -0.39 is 0 Å². The molecule has 0 saturated carbocycles. The smallest absolute Gasteiger partial charge is 0.123 e. The maximum atomic E-state index is 12.7. The molecule has 1 aliphatic rings. The fourth-order valence-corrected chi connectivity index (χ4v) is 1.75. The molecular formula is C11H16ClFN2O. The molecule has 2 rings (SSSR count). The first-order chi connectivity index (χ1) is 7.29. The second kappa shape index (κ2) is 6.03. The highest BCUT2D eigenvalue weighted by molar-refractivity contribution is 5.85. The summed E-state index contributed by atoms with van der Waals surface area (Å²) in [6.07, 6.45) is 0.0869. The molecule has 1 saturated heterocycles. The van der Waals surface area contributed by atoms with Crippen molar-refractivity contribution in [1.82, 2.24) is 0 Å². The Kier molecular flexibility index (Phi) is 4.99. The van der Waals surface area contributed by atoms with Crippen LogP contribution in [0.2, 0.25) is 0 Å². The molecule has 1 unspecified atom stereocenters. The molecule has 1 aromatic carbocycles. The lowest BCUT2D eigenvalue weighted by atomic mass is 10.2. The number of hydrogen-bond acceptors (Lipinski definition) is 3. The quantitative estimate of drug-likeness (QED) is 0.858. The van der Waals surface area contributed by atoms with Gasteiger partial charge in [-0.15, -0.1) is 12.4 Å². The minimum atomic E-state index is -0.206. The molecular weight excluding hydrogens is 231 g/mol. The topological polar surface area (TPSA) is 38.5 Å². The first-order valence-electron chi connectivity index (χ1n) is 5.12. The summed E-state index contributed by atoms with van der Waals surface area (Å²) >= 11 is 0. The number of halogens is 2. The highest BCUT2D eigenvalue weighted by atomic mass is 35.5. The molecule has 0 aromatic heterocycles. The van der Waals surface area contributed by atoms with Gasteiger partial charge < -0.3 is 15.4 Å². The zero-order chi connectivity index (χ0) is 10.7. The second-order valence-electron chi connectivity index (χ2n) is 3.65. The number of benzene rings is 1. The Morgan fingerprint density at radius 1 is 1.38 bits per heavy atom. The van der Waals surface area contributed by atoms with Gasteiger partial charge in [0.15, 0.2) is 0 Å². The van der Waals surface area contributed by atoms with Gasteiger partial charge >= 0.3 is 0 Å².